The van der Waals surface area contributed by atoms with Gasteiger partial charge in [0.25, 0.3) is 5.91 Å². The first-order valence-electron chi connectivity index (χ1n) is 6.74. The Balaban J connectivity index is 1.85. The van der Waals surface area contributed by atoms with E-state index in [9.17, 15) is 14.7 Å². The maximum atomic E-state index is 12.6. The highest BCUT2D eigenvalue weighted by molar-refractivity contribution is 7.23. The van der Waals surface area contributed by atoms with Crippen LogP contribution in [0.3, 0.4) is 0 Å². The van der Waals surface area contributed by atoms with Crippen LogP contribution in [0.15, 0.2) is 17.5 Å². The summed E-state index contributed by atoms with van der Waals surface area (Å²) >= 11 is 8.67. The molecule has 3 rings (SSSR count). The molecule has 2 aromatic rings. The Morgan fingerprint density at radius 2 is 2.18 bits per heavy atom. The summed E-state index contributed by atoms with van der Waals surface area (Å²) in [6, 6.07) is 2.81. The van der Waals surface area contributed by atoms with Crippen LogP contribution in [0.25, 0.3) is 9.88 Å². The topological polar surface area (TPSA) is 70.5 Å². The predicted octanol–water partition coefficient (Wildman–Crippen LogP) is 3.60. The Hall–Kier alpha value is -1.44. The zero-order valence-corrected chi connectivity index (χ0v) is 14.0. The van der Waals surface area contributed by atoms with E-state index in [4.69, 9.17) is 11.6 Å². The van der Waals surface area contributed by atoms with Crippen molar-refractivity contribution in [1.82, 2.24) is 9.88 Å². The zero-order chi connectivity index (χ0) is 15.9. The zero-order valence-electron chi connectivity index (χ0n) is 11.7. The van der Waals surface area contributed by atoms with Gasteiger partial charge < -0.3 is 10.0 Å². The molecular weight excluding hydrogens is 344 g/mol. The van der Waals surface area contributed by atoms with Gasteiger partial charge in [0, 0.05) is 11.4 Å². The Kier molecular flexibility index (Phi) is 4.20. The van der Waals surface area contributed by atoms with Gasteiger partial charge in [-0.1, -0.05) is 11.6 Å². The Bertz CT molecular complexity index is 723. The summed E-state index contributed by atoms with van der Waals surface area (Å²) in [5.74, 6) is -1.32. The molecule has 0 aliphatic heterocycles. The van der Waals surface area contributed by atoms with Gasteiger partial charge in [-0.25, -0.2) is 9.78 Å². The van der Waals surface area contributed by atoms with Gasteiger partial charge >= 0.3 is 5.97 Å². The molecule has 1 aliphatic carbocycles. The third-order valence-corrected chi connectivity index (χ3v) is 5.70. The SMILES string of the molecule is CC(C(=O)O)N(C(=O)c1csc(-c2ccc(Cl)s2)n1)C1CC1. The molecule has 116 valence electrons. The Morgan fingerprint density at radius 1 is 1.45 bits per heavy atom. The van der Waals surface area contributed by atoms with Crippen molar-refractivity contribution in [3.05, 3.63) is 27.5 Å². The largest absolute Gasteiger partial charge is 0.480 e. The van der Waals surface area contributed by atoms with Crippen LogP contribution < -0.4 is 0 Å². The minimum atomic E-state index is -0.999. The molecule has 0 radical (unpaired) electrons. The van der Waals surface area contributed by atoms with Crippen LogP contribution in [0.1, 0.15) is 30.3 Å². The number of halogens is 1. The molecule has 1 saturated carbocycles. The Labute approximate surface area is 140 Å². The number of hydrogen-bond acceptors (Lipinski definition) is 5. The molecule has 0 saturated heterocycles. The molecule has 2 aromatic heterocycles. The van der Waals surface area contributed by atoms with E-state index in [-0.39, 0.29) is 11.9 Å². The fourth-order valence-corrected chi connectivity index (χ4v) is 4.09. The van der Waals surface area contributed by atoms with Crippen LogP contribution in [-0.2, 0) is 4.79 Å². The summed E-state index contributed by atoms with van der Waals surface area (Å²) in [5, 5.41) is 11.6. The minimum absolute atomic E-state index is 0.0138. The maximum absolute atomic E-state index is 12.6. The van der Waals surface area contributed by atoms with Crippen molar-refractivity contribution in [2.45, 2.75) is 31.8 Å². The van der Waals surface area contributed by atoms with Crippen LogP contribution in [0, 0.1) is 0 Å². The normalized spacial score (nSPS) is 15.5. The van der Waals surface area contributed by atoms with E-state index in [0.717, 1.165) is 22.7 Å². The van der Waals surface area contributed by atoms with Gasteiger partial charge in [0.15, 0.2) is 0 Å². The van der Waals surface area contributed by atoms with E-state index < -0.39 is 12.0 Å². The first-order chi connectivity index (χ1) is 10.5. The summed E-state index contributed by atoms with van der Waals surface area (Å²) in [4.78, 5) is 30.5. The lowest BCUT2D eigenvalue weighted by Crippen LogP contribution is -2.44. The van der Waals surface area contributed by atoms with E-state index in [0.29, 0.717) is 10.0 Å². The van der Waals surface area contributed by atoms with Crippen LogP contribution >= 0.6 is 34.3 Å². The van der Waals surface area contributed by atoms with Crippen molar-refractivity contribution in [2.24, 2.45) is 0 Å². The molecule has 1 N–H and O–H groups in total. The molecule has 1 atom stereocenters. The van der Waals surface area contributed by atoms with Crippen LogP contribution in [0.5, 0.6) is 0 Å². The third kappa shape index (κ3) is 3.02. The Morgan fingerprint density at radius 3 is 2.73 bits per heavy atom. The molecule has 1 aliphatic rings. The summed E-state index contributed by atoms with van der Waals surface area (Å²) in [6.45, 7) is 1.53. The molecular formula is C14H13ClN2O3S2. The average Bonchev–Trinajstić information content (AvgIpc) is 3.01. The highest BCUT2D eigenvalue weighted by Gasteiger charge is 2.39. The van der Waals surface area contributed by atoms with E-state index >= 15 is 0 Å². The molecule has 1 amide bonds. The van der Waals surface area contributed by atoms with Gasteiger partial charge in [-0.3, -0.25) is 4.79 Å². The van der Waals surface area contributed by atoms with Crippen molar-refractivity contribution >= 4 is 46.2 Å². The number of hydrogen-bond donors (Lipinski definition) is 1. The standard InChI is InChI=1S/C14H13ClN2O3S2/c1-7(14(19)20)17(8-2-3-8)13(18)9-6-21-12(16-9)10-4-5-11(15)22-10/h4-8H,2-3H2,1H3,(H,19,20). The maximum Gasteiger partial charge on any atom is 0.326 e. The van der Waals surface area contributed by atoms with Crippen molar-refractivity contribution in [1.29, 1.82) is 0 Å². The number of carbonyl (C=O) groups is 2. The average molecular weight is 357 g/mol. The van der Waals surface area contributed by atoms with E-state index in [1.54, 1.807) is 11.4 Å². The van der Waals surface area contributed by atoms with Crippen molar-refractivity contribution in [3.8, 4) is 9.88 Å². The summed E-state index contributed by atoms with van der Waals surface area (Å²) in [7, 11) is 0. The molecule has 0 bridgehead atoms. The smallest absolute Gasteiger partial charge is 0.326 e. The predicted molar refractivity (Wildman–Crippen MR) is 86.7 cm³/mol. The number of carboxylic acid groups (broad SMARTS) is 1. The number of nitrogens with zero attached hydrogens (tertiary/aromatic N) is 2. The summed E-state index contributed by atoms with van der Waals surface area (Å²) in [6.07, 6.45) is 1.70. The van der Waals surface area contributed by atoms with E-state index in [2.05, 4.69) is 4.98 Å². The second-order valence-corrected chi connectivity index (χ2v) is 7.67. The van der Waals surface area contributed by atoms with Gasteiger partial charge in [-0.15, -0.1) is 22.7 Å². The summed E-state index contributed by atoms with van der Waals surface area (Å²) in [5.41, 5.74) is 0.296. The number of aromatic nitrogens is 1. The number of thiophene rings is 1. The number of thiazole rings is 1. The molecule has 1 fully saturated rings. The quantitative estimate of drug-likeness (QED) is 0.888. The number of carboxylic acids is 1. The van der Waals surface area contributed by atoms with E-state index in [1.165, 1.54) is 34.5 Å². The molecule has 0 aromatic carbocycles. The van der Waals surface area contributed by atoms with Crippen LogP contribution in [0.4, 0.5) is 0 Å². The fourth-order valence-electron chi connectivity index (χ4n) is 2.18. The summed E-state index contributed by atoms with van der Waals surface area (Å²) < 4.78 is 0.664. The third-order valence-electron chi connectivity index (χ3n) is 3.46. The highest BCUT2D eigenvalue weighted by Crippen LogP contribution is 2.34. The van der Waals surface area contributed by atoms with E-state index in [1.807, 2.05) is 6.07 Å². The highest BCUT2D eigenvalue weighted by atomic mass is 35.5. The van der Waals surface area contributed by atoms with Crippen LogP contribution in [-0.4, -0.2) is 39.0 Å². The van der Waals surface area contributed by atoms with Crippen molar-refractivity contribution in [3.63, 3.8) is 0 Å². The van der Waals surface area contributed by atoms with Gasteiger partial charge in [0.1, 0.15) is 16.7 Å². The lowest BCUT2D eigenvalue weighted by Gasteiger charge is -2.25. The lowest BCUT2D eigenvalue weighted by molar-refractivity contribution is -0.141. The first-order valence-corrected chi connectivity index (χ1v) is 8.81. The number of aliphatic carboxylic acids is 1. The minimum Gasteiger partial charge on any atom is -0.480 e. The van der Waals surface area contributed by atoms with Gasteiger partial charge in [-0.05, 0) is 31.9 Å². The second-order valence-electron chi connectivity index (χ2n) is 5.10. The van der Waals surface area contributed by atoms with Gasteiger partial charge in [0.2, 0.25) is 0 Å². The number of amides is 1. The second kappa shape index (κ2) is 5.98. The molecule has 8 heteroatoms. The molecule has 0 spiro atoms. The fraction of sp³-hybridized carbons (Fsp3) is 0.357. The molecule has 22 heavy (non-hydrogen) atoms. The lowest BCUT2D eigenvalue weighted by atomic mass is 10.2. The van der Waals surface area contributed by atoms with Gasteiger partial charge in [-0.2, -0.15) is 0 Å². The van der Waals surface area contributed by atoms with Crippen molar-refractivity contribution in [2.75, 3.05) is 0 Å². The van der Waals surface area contributed by atoms with Crippen molar-refractivity contribution < 1.29 is 14.7 Å². The number of carbonyl (C=O) groups excluding carboxylic acids is 1. The van der Waals surface area contributed by atoms with Gasteiger partial charge in [0.05, 0.1) is 9.21 Å². The molecule has 5 nitrogen and oxygen atoms in total. The number of rotatable bonds is 5. The molecule has 2 heterocycles. The first kappa shape index (κ1) is 15.5. The molecule has 1 unspecified atom stereocenters. The van der Waals surface area contributed by atoms with Crippen LogP contribution in [0.2, 0.25) is 4.34 Å². The monoisotopic (exact) mass is 356 g/mol.